The first-order chi connectivity index (χ1) is 8.79. The summed E-state index contributed by atoms with van der Waals surface area (Å²) in [5, 5.41) is 11.2. The van der Waals surface area contributed by atoms with Crippen LogP contribution in [0, 0.1) is 11.8 Å². The van der Waals surface area contributed by atoms with Crippen LogP contribution in [0.1, 0.15) is 15.9 Å². The van der Waals surface area contributed by atoms with Gasteiger partial charge in [-0.05, 0) is 18.2 Å². The SMILES string of the molecule is O=C(Nc1cc(C#CCO)ccn1)c1ccoc1. The Hall–Kier alpha value is -2.58. The van der Waals surface area contributed by atoms with Crippen LogP contribution in [0.25, 0.3) is 0 Å². The van der Waals surface area contributed by atoms with Crippen molar-refractivity contribution in [3.63, 3.8) is 0 Å². The zero-order valence-electron chi connectivity index (χ0n) is 9.38. The number of nitrogens with one attached hydrogen (secondary N) is 1. The van der Waals surface area contributed by atoms with E-state index in [2.05, 4.69) is 22.1 Å². The highest BCUT2D eigenvalue weighted by atomic mass is 16.3. The summed E-state index contributed by atoms with van der Waals surface area (Å²) in [6.45, 7) is -0.209. The number of rotatable bonds is 2. The van der Waals surface area contributed by atoms with Gasteiger partial charge in [-0.1, -0.05) is 11.8 Å². The molecule has 0 saturated carbocycles. The number of aliphatic hydroxyl groups excluding tert-OH is 1. The van der Waals surface area contributed by atoms with E-state index in [4.69, 9.17) is 9.52 Å². The molecule has 0 aliphatic heterocycles. The molecule has 0 bridgehead atoms. The number of aromatic nitrogens is 1. The van der Waals surface area contributed by atoms with E-state index in [1.165, 1.54) is 18.7 Å². The van der Waals surface area contributed by atoms with E-state index in [1.54, 1.807) is 18.2 Å². The molecular formula is C13H10N2O3. The predicted molar refractivity (Wildman–Crippen MR) is 64.9 cm³/mol. The first-order valence-corrected chi connectivity index (χ1v) is 5.19. The zero-order chi connectivity index (χ0) is 12.8. The van der Waals surface area contributed by atoms with Gasteiger partial charge in [0.25, 0.3) is 5.91 Å². The van der Waals surface area contributed by atoms with Gasteiger partial charge >= 0.3 is 0 Å². The maximum atomic E-state index is 11.7. The first-order valence-electron chi connectivity index (χ1n) is 5.19. The summed E-state index contributed by atoms with van der Waals surface area (Å²) in [5.41, 5.74) is 1.09. The molecule has 2 rings (SSSR count). The third-order valence-electron chi connectivity index (χ3n) is 2.10. The molecule has 2 heterocycles. The van der Waals surface area contributed by atoms with Gasteiger partial charge in [-0.25, -0.2) is 4.98 Å². The van der Waals surface area contributed by atoms with Gasteiger partial charge in [-0.15, -0.1) is 0 Å². The monoisotopic (exact) mass is 242 g/mol. The minimum atomic E-state index is -0.302. The number of carbonyl (C=O) groups excluding carboxylic acids is 1. The molecular weight excluding hydrogens is 232 g/mol. The molecule has 2 aromatic heterocycles. The summed E-state index contributed by atoms with van der Waals surface area (Å²) < 4.78 is 4.82. The molecule has 0 radical (unpaired) electrons. The molecule has 0 aliphatic carbocycles. The number of anilines is 1. The maximum absolute atomic E-state index is 11.7. The van der Waals surface area contributed by atoms with Crippen LogP contribution >= 0.6 is 0 Å². The summed E-state index contributed by atoms with van der Waals surface area (Å²) >= 11 is 0. The predicted octanol–water partition coefficient (Wildman–Crippen LogP) is 1.27. The summed E-state index contributed by atoms with van der Waals surface area (Å²) in [4.78, 5) is 15.7. The van der Waals surface area contributed by atoms with Gasteiger partial charge in [0.2, 0.25) is 0 Å². The Kier molecular flexibility index (Phi) is 3.74. The Morgan fingerprint density at radius 1 is 1.50 bits per heavy atom. The van der Waals surface area contributed by atoms with Gasteiger partial charge in [0.1, 0.15) is 18.7 Å². The van der Waals surface area contributed by atoms with Crippen molar-refractivity contribution in [2.75, 3.05) is 11.9 Å². The zero-order valence-corrected chi connectivity index (χ0v) is 9.38. The fraction of sp³-hybridized carbons (Fsp3) is 0.0769. The van der Waals surface area contributed by atoms with Crippen molar-refractivity contribution < 1.29 is 14.3 Å². The molecule has 90 valence electrons. The number of pyridine rings is 1. The normalized spacial score (nSPS) is 9.39. The van der Waals surface area contributed by atoms with Crippen molar-refractivity contribution in [2.45, 2.75) is 0 Å². The third-order valence-corrected chi connectivity index (χ3v) is 2.10. The lowest BCUT2D eigenvalue weighted by molar-refractivity contribution is 0.102. The molecule has 0 fully saturated rings. The largest absolute Gasteiger partial charge is 0.472 e. The Labute approximate surface area is 103 Å². The summed E-state index contributed by atoms with van der Waals surface area (Å²) in [7, 11) is 0. The van der Waals surface area contributed by atoms with Crippen molar-refractivity contribution >= 4 is 11.7 Å². The number of nitrogens with zero attached hydrogens (tertiary/aromatic N) is 1. The average molecular weight is 242 g/mol. The lowest BCUT2D eigenvalue weighted by Crippen LogP contribution is -2.11. The average Bonchev–Trinajstić information content (AvgIpc) is 2.91. The molecule has 0 aromatic carbocycles. The molecule has 0 aliphatic rings. The van der Waals surface area contributed by atoms with Gasteiger partial charge in [-0.3, -0.25) is 4.79 Å². The lowest BCUT2D eigenvalue weighted by atomic mass is 10.2. The molecule has 5 nitrogen and oxygen atoms in total. The Bertz CT molecular complexity index is 594. The van der Waals surface area contributed by atoms with Crippen LogP contribution in [0.2, 0.25) is 0 Å². The van der Waals surface area contributed by atoms with E-state index in [0.717, 1.165) is 0 Å². The first kappa shape index (κ1) is 11.9. The second-order valence-electron chi connectivity index (χ2n) is 3.36. The number of aliphatic hydroxyl groups is 1. The Balaban J connectivity index is 2.12. The van der Waals surface area contributed by atoms with Gasteiger partial charge in [0.05, 0.1) is 11.8 Å². The molecule has 2 N–H and O–H groups in total. The summed E-state index contributed by atoms with van der Waals surface area (Å²) in [5.74, 6) is 5.35. The quantitative estimate of drug-likeness (QED) is 0.778. The molecule has 18 heavy (non-hydrogen) atoms. The van der Waals surface area contributed by atoms with Crippen LogP contribution in [0.15, 0.2) is 41.3 Å². The van der Waals surface area contributed by atoms with Crippen molar-refractivity contribution in [1.29, 1.82) is 0 Å². The van der Waals surface area contributed by atoms with E-state index < -0.39 is 0 Å². The second kappa shape index (κ2) is 5.66. The second-order valence-corrected chi connectivity index (χ2v) is 3.36. The molecule has 0 saturated heterocycles. The Morgan fingerprint density at radius 2 is 2.39 bits per heavy atom. The maximum Gasteiger partial charge on any atom is 0.260 e. The highest BCUT2D eigenvalue weighted by molar-refractivity contribution is 6.03. The minimum absolute atomic E-state index is 0.209. The van der Waals surface area contributed by atoms with E-state index in [0.29, 0.717) is 16.9 Å². The number of hydrogen-bond donors (Lipinski definition) is 2. The van der Waals surface area contributed by atoms with Crippen LogP contribution in [-0.4, -0.2) is 22.6 Å². The van der Waals surface area contributed by atoms with E-state index in [1.807, 2.05) is 0 Å². The van der Waals surface area contributed by atoms with Crippen molar-refractivity contribution in [3.05, 3.63) is 48.0 Å². The van der Waals surface area contributed by atoms with E-state index in [-0.39, 0.29) is 12.5 Å². The van der Waals surface area contributed by atoms with Crippen molar-refractivity contribution in [3.8, 4) is 11.8 Å². The number of amides is 1. The summed E-state index contributed by atoms with van der Waals surface area (Å²) in [6.07, 6.45) is 4.31. The van der Waals surface area contributed by atoms with Crippen molar-refractivity contribution in [1.82, 2.24) is 4.98 Å². The van der Waals surface area contributed by atoms with Gasteiger partial charge < -0.3 is 14.8 Å². The van der Waals surface area contributed by atoms with Gasteiger partial charge in [0.15, 0.2) is 0 Å². The van der Waals surface area contributed by atoms with Gasteiger partial charge in [-0.2, -0.15) is 0 Å². The smallest absolute Gasteiger partial charge is 0.260 e. The van der Waals surface area contributed by atoms with Crippen LogP contribution in [0.5, 0.6) is 0 Å². The standard InChI is InChI=1S/C13H10N2O3/c16-6-1-2-10-3-5-14-12(8-10)15-13(17)11-4-7-18-9-11/h3-5,7-9,16H,6H2,(H,14,15,17). The highest BCUT2D eigenvalue weighted by Gasteiger charge is 2.07. The van der Waals surface area contributed by atoms with Crippen LogP contribution in [-0.2, 0) is 0 Å². The topological polar surface area (TPSA) is 75.4 Å². The van der Waals surface area contributed by atoms with E-state index in [9.17, 15) is 4.79 Å². The molecule has 0 unspecified atom stereocenters. The van der Waals surface area contributed by atoms with Crippen LogP contribution in [0.4, 0.5) is 5.82 Å². The Morgan fingerprint density at radius 3 is 3.11 bits per heavy atom. The lowest BCUT2D eigenvalue weighted by Gasteiger charge is -2.02. The fourth-order valence-electron chi connectivity index (χ4n) is 1.30. The van der Waals surface area contributed by atoms with E-state index >= 15 is 0 Å². The fourth-order valence-corrected chi connectivity index (χ4v) is 1.30. The summed E-state index contributed by atoms with van der Waals surface area (Å²) in [6, 6.07) is 4.88. The van der Waals surface area contributed by atoms with Crippen molar-refractivity contribution in [2.24, 2.45) is 0 Å². The molecule has 5 heteroatoms. The molecule has 2 aromatic rings. The van der Waals surface area contributed by atoms with Crippen LogP contribution in [0.3, 0.4) is 0 Å². The minimum Gasteiger partial charge on any atom is -0.472 e. The highest BCUT2D eigenvalue weighted by Crippen LogP contribution is 2.08. The van der Waals surface area contributed by atoms with Gasteiger partial charge in [0, 0.05) is 11.8 Å². The molecule has 0 atom stereocenters. The molecule has 0 spiro atoms. The third kappa shape index (κ3) is 2.97. The number of furan rings is 1. The van der Waals surface area contributed by atoms with Crippen LogP contribution < -0.4 is 5.32 Å². The number of carbonyl (C=O) groups is 1. The molecule has 1 amide bonds. The number of hydrogen-bond acceptors (Lipinski definition) is 4.